The molecule has 2 atom stereocenters. The number of nitrogens with one attached hydrogen (secondary N) is 1. The number of carbonyl (C=O) groups is 1. The first kappa shape index (κ1) is 15.8. The van der Waals surface area contributed by atoms with Crippen molar-refractivity contribution in [2.45, 2.75) is 37.4 Å². The molecule has 0 aromatic heterocycles. The molecule has 22 heavy (non-hydrogen) atoms. The Balaban J connectivity index is 1.70. The van der Waals surface area contributed by atoms with Crippen molar-refractivity contribution < 1.29 is 31.3 Å². The summed E-state index contributed by atoms with van der Waals surface area (Å²) in [5, 5.41) is 3.12. The molecule has 9 heteroatoms. The van der Waals surface area contributed by atoms with Gasteiger partial charge in [0.05, 0.1) is 6.61 Å². The molecule has 0 saturated heterocycles. The first-order valence-corrected chi connectivity index (χ1v) is 8.58. The minimum Gasteiger partial charge on any atom is -0.460 e. The van der Waals surface area contributed by atoms with Crippen LogP contribution in [-0.4, -0.2) is 36.5 Å². The second-order valence-corrected chi connectivity index (χ2v) is 8.33. The number of alkyl halides is 2. The van der Waals surface area contributed by atoms with Crippen molar-refractivity contribution in [2.24, 2.45) is 23.2 Å². The highest BCUT2D eigenvalue weighted by molar-refractivity contribution is 7.87. The Hall–Kier alpha value is -1.09. The molecular weight excluding hydrogens is 320 g/mol. The topological polar surface area (TPSA) is 105 Å². The van der Waals surface area contributed by atoms with Crippen molar-refractivity contribution in [3.63, 3.8) is 0 Å². The van der Waals surface area contributed by atoms with Crippen LogP contribution in [0.5, 0.6) is 0 Å². The van der Waals surface area contributed by atoms with Crippen molar-refractivity contribution >= 4 is 21.8 Å². The maximum Gasteiger partial charge on any atom is 0.465 e. The predicted molar refractivity (Wildman–Crippen MR) is 71.2 cm³/mol. The first-order chi connectivity index (χ1) is 10.0. The summed E-state index contributed by atoms with van der Waals surface area (Å²) in [6.07, 6.45) is 3.82. The molecule has 2 unspecified atom stereocenters. The van der Waals surface area contributed by atoms with Crippen molar-refractivity contribution in [2.75, 3.05) is 6.61 Å². The number of esters is 1. The third kappa shape index (κ3) is 2.34. The molecule has 0 amide bonds. The highest BCUT2D eigenvalue weighted by Gasteiger charge is 2.57. The Bertz CT molecular complexity index is 614. The number of carbonyl (C=O) groups excluding carboxylic acids is 1. The molecule has 4 rings (SSSR count). The fraction of sp³-hybridized carbons (Fsp3) is 0.846. The summed E-state index contributed by atoms with van der Waals surface area (Å²) in [5.74, 6) is -1.59. The largest absolute Gasteiger partial charge is 0.465 e. The van der Waals surface area contributed by atoms with Gasteiger partial charge in [-0.25, -0.2) is 4.79 Å². The van der Waals surface area contributed by atoms with Gasteiger partial charge in [-0.3, -0.25) is 4.55 Å². The fourth-order valence-electron chi connectivity index (χ4n) is 4.53. The van der Waals surface area contributed by atoms with E-state index in [1.54, 1.807) is 0 Å². The zero-order valence-corrected chi connectivity index (χ0v) is 12.5. The lowest BCUT2D eigenvalue weighted by Gasteiger charge is -2.56. The number of hydrogen-bond donors (Lipinski definition) is 2. The van der Waals surface area contributed by atoms with Gasteiger partial charge in [-0.15, -0.1) is 0 Å². The van der Waals surface area contributed by atoms with E-state index in [1.807, 2.05) is 0 Å². The van der Waals surface area contributed by atoms with Gasteiger partial charge >= 0.3 is 21.3 Å². The molecule has 124 valence electrons. The van der Waals surface area contributed by atoms with Crippen LogP contribution in [0.2, 0.25) is 0 Å². The van der Waals surface area contributed by atoms with Gasteiger partial charge in [0.2, 0.25) is 0 Å². The van der Waals surface area contributed by atoms with Crippen LogP contribution in [0.3, 0.4) is 0 Å². The van der Waals surface area contributed by atoms with Crippen LogP contribution in [0.4, 0.5) is 8.78 Å². The van der Waals surface area contributed by atoms with E-state index in [0.29, 0.717) is 24.5 Å². The van der Waals surface area contributed by atoms with Gasteiger partial charge in [0.1, 0.15) is 0 Å². The SMILES string of the molecule is N=C1C2CC3CC1CC(COC(=O)C(F)(F)S(=O)(=O)O)(C3)C2. The molecule has 0 heterocycles. The predicted octanol–water partition coefficient (Wildman–Crippen LogP) is 1.86. The molecule has 4 saturated carbocycles. The highest BCUT2D eigenvalue weighted by atomic mass is 32.2. The van der Waals surface area contributed by atoms with E-state index in [1.165, 1.54) is 0 Å². The molecular formula is C13H17F2NO5S. The van der Waals surface area contributed by atoms with Gasteiger partial charge < -0.3 is 10.1 Å². The van der Waals surface area contributed by atoms with Gasteiger partial charge in [0.25, 0.3) is 0 Å². The number of hydrogen-bond acceptors (Lipinski definition) is 5. The molecule has 0 radical (unpaired) electrons. The highest BCUT2D eigenvalue weighted by Crippen LogP contribution is 2.58. The van der Waals surface area contributed by atoms with E-state index in [4.69, 9.17) is 9.96 Å². The van der Waals surface area contributed by atoms with Crippen LogP contribution in [0.25, 0.3) is 0 Å². The summed E-state index contributed by atoms with van der Waals surface area (Å²) in [6, 6.07) is 0. The molecule has 4 aliphatic carbocycles. The quantitative estimate of drug-likeness (QED) is 0.602. The number of halogens is 2. The summed E-state index contributed by atoms with van der Waals surface area (Å²) in [6.45, 7) is -0.284. The number of ether oxygens (including phenoxy) is 1. The van der Waals surface area contributed by atoms with E-state index >= 15 is 0 Å². The lowest BCUT2D eigenvalue weighted by atomic mass is 9.49. The van der Waals surface area contributed by atoms with Crippen molar-refractivity contribution in [3.8, 4) is 0 Å². The fourth-order valence-corrected chi connectivity index (χ4v) is 4.80. The molecule has 0 aromatic carbocycles. The van der Waals surface area contributed by atoms with Crippen molar-refractivity contribution in [1.29, 1.82) is 5.41 Å². The third-order valence-electron chi connectivity index (χ3n) is 5.27. The zero-order valence-electron chi connectivity index (χ0n) is 11.7. The van der Waals surface area contributed by atoms with Crippen molar-refractivity contribution in [1.82, 2.24) is 0 Å². The van der Waals surface area contributed by atoms with Gasteiger partial charge in [-0.05, 0) is 49.9 Å². The first-order valence-electron chi connectivity index (χ1n) is 7.14. The monoisotopic (exact) mass is 337 g/mol. The van der Waals surface area contributed by atoms with Gasteiger partial charge in [-0.1, -0.05) is 0 Å². The Morgan fingerprint density at radius 3 is 2.36 bits per heavy atom. The van der Waals surface area contributed by atoms with E-state index in [2.05, 4.69) is 4.74 Å². The second kappa shape index (κ2) is 4.70. The van der Waals surface area contributed by atoms with Gasteiger partial charge in [0.15, 0.2) is 0 Å². The average molecular weight is 337 g/mol. The van der Waals surface area contributed by atoms with E-state index in [9.17, 15) is 22.0 Å². The maximum atomic E-state index is 13.2. The Labute approximate surface area is 126 Å². The minimum absolute atomic E-state index is 0.118. The van der Waals surface area contributed by atoms with Crippen LogP contribution in [-0.2, 0) is 19.6 Å². The molecule has 2 N–H and O–H groups in total. The molecule has 4 fully saturated rings. The second-order valence-electron chi connectivity index (χ2n) is 6.87. The third-order valence-corrected chi connectivity index (χ3v) is 6.08. The molecule has 0 aromatic rings. The Morgan fingerprint density at radius 1 is 1.32 bits per heavy atom. The van der Waals surface area contributed by atoms with Crippen LogP contribution in [0.15, 0.2) is 0 Å². The summed E-state index contributed by atoms with van der Waals surface area (Å²) in [5.41, 5.74) is 0.271. The van der Waals surface area contributed by atoms with E-state index in [-0.39, 0.29) is 18.4 Å². The normalized spacial score (nSPS) is 37.4. The average Bonchev–Trinajstić information content (AvgIpc) is 2.40. The minimum atomic E-state index is -5.83. The van der Waals surface area contributed by atoms with E-state index < -0.39 is 26.8 Å². The number of rotatable bonds is 4. The van der Waals surface area contributed by atoms with Crippen LogP contribution >= 0.6 is 0 Å². The lowest BCUT2D eigenvalue weighted by Crippen LogP contribution is -2.53. The Morgan fingerprint density at radius 2 is 1.86 bits per heavy atom. The van der Waals surface area contributed by atoms with E-state index in [0.717, 1.165) is 19.3 Å². The molecule has 6 nitrogen and oxygen atoms in total. The molecule has 0 aliphatic heterocycles. The molecule has 4 bridgehead atoms. The molecule has 0 spiro atoms. The van der Waals surface area contributed by atoms with Gasteiger partial charge in [-0.2, -0.15) is 17.2 Å². The maximum absolute atomic E-state index is 13.2. The standard InChI is InChI=1S/C13H17F2NO5S/c14-13(15,22(18,19)20)11(17)21-6-12-3-7-1-8(4-12)10(16)9(2-7)5-12/h7-9,16H,1-6H2,(H,18,19,20). The van der Waals surface area contributed by atoms with Crippen molar-refractivity contribution in [3.05, 3.63) is 0 Å². The summed E-state index contributed by atoms with van der Waals surface area (Å²) in [4.78, 5) is 11.3. The summed E-state index contributed by atoms with van der Waals surface area (Å²) < 4.78 is 60.4. The van der Waals surface area contributed by atoms with Crippen LogP contribution in [0.1, 0.15) is 32.1 Å². The summed E-state index contributed by atoms with van der Waals surface area (Å²) >= 11 is 0. The smallest absolute Gasteiger partial charge is 0.460 e. The Kier molecular flexibility index (Phi) is 3.38. The van der Waals surface area contributed by atoms with Crippen LogP contribution in [0, 0.1) is 28.6 Å². The lowest BCUT2D eigenvalue weighted by molar-refractivity contribution is -0.169. The molecule has 4 aliphatic rings. The van der Waals surface area contributed by atoms with Gasteiger partial charge in [0, 0.05) is 11.1 Å². The zero-order chi connectivity index (χ0) is 16.3. The summed E-state index contributed by atoms with van der Waals surface area (Å²) in [7, 11) is -5.83. The van der Waals surface area contributed by atoms with Crippen LogP contribution < -0.4 is 0 Å².